The molecule has 0 radical (unpaired) electrons. The van der Waals surface area contributed by atoms with Crippen molar-refractivity contribution in [1.82, 2.24) is 14.3 Å². The molecular weight excluding hydrogens is 451 g/mol. The summed E-state index contributed by atoms with van der Waals surface area (Å²) in [4.78, 5) is 12.9. The van der Waals surface area contributed by atoms with Crippen molar-refractivity contribution in [2.75, 3.05) is 18.8 Å². The molecule has 2 heterocycles. The van der Waals surface area contributed by atoms with Crippen LogP contribution in [0.2, 0.25) is 0 Å². The Balaban J connectivity index is 1.56. The molecule has 1 aromatic heterocycles. The van der Waals surface area contributed by atoms with Crippen molar-refractivity contribution in [2.24, 2.45) is 4.99 Å². The van der Waals surface area contributed by atoms with Crippen LogP contribution in [0.15, 0.2) is 71.9 Å². The number of aliphatic imine (C=N–C) groups is 1. The van der Waals surface area contributed by atoms with Gasteiger partial charge in [0.2, 0.25) is 10.0 Å². The molecule has 180 valence electrons. The van der Waals surface area contributed by atoms with Crippen LogP contribution in [0.4, 0.5) is 4.39 Å². The van der Waals surface area contributed by atoms with E-state index in [1.54, 1.807) is 12.2 Å². The van der Waals surface area contributed by atoms with Gasteiger partial charge in [0.05, 0.1) is 12.0 Å². The second-order valence-electron chi connectivity index (χ2n) is 8.28. The Bertz CT molecular complexity index is 1190. The molecule has 2 aromatic rings. The van der Waals surface area contributed by atoms with Gasteiger partial charge in [-0.1, -0.05) is 30.4 Å². The van der Waals surface area contributed by atoms with Crippen LogP contribution >= 0.6 is 0 Å². The molecule has 0 aliphatic carbocycles. The van der Waals surface area contributed by atoms with Crippen LogP contribution in [-0.2, 0) is 10.0 Å². The molecule has 0 bridgehead atoms. The fourth-order valence-corrected chi connectivity index (χ4v) is 5.15. The summed E-state index contributed by atoms with van der Waals surface area (Å²) in [5.41, 5.74) is 4.41. The predicted molar refractivity (Wildman–Crippen MR) is 136 cm³/mol. The molecule has 1 fully saturated rings. The summed E-state index contributed by atoms with van der Waals surface area (Å²) in [5.74, 6) is 0.0695. The predicted octanol–water partition coefficient (Wildman–Crippen LogP) is 5.28. The average molecular weight is 483 g/mol. The molecule has 34 heavy (non-hydrogen) atoms. The quantitative estimate of drug-likeness (QED) is 0.379. The summed E-state index contributed by atoms with van der Waals surface area (Å²) in [6.45, 7) is 6.81. The molecule has 0 N–H and O–H groups in total. The average Bonchev–Trinajstić information content (AvgIpc) is 2.84. The number of sulfonamides is 1. The van der Waals surface area contributed by atoms with Gasteiger partial charge in [0.15, 0.2) is 5.82 Å². The molecule has 6 nitrogen and oxygen atoms in total. The van der Waals surface area contributed by atoms with Crippen LogP contribution in [0.25, 0.3) is 11.4 Å². The van der Waals surface area contributed by atoms with E-state index in [9.17, 15) is 12.8 Å². The Morgan fingerprint density at radius 1 is 1.21 bits per heavy atom. The number of halogens is 1. The molecule has 0 spiro atoms. The van der Waals surface area contributed by atoms with Crippen LogP contribution < -0.4 is 0 Å². The summed E-state index contributed by atoms with van der Waals surface area (Å²) in [5, 5.41) is 0. The van der Waals surface area contributed by atoms with Gasteiger partial charge < -0.3 is 0 Å². The van der Waals surface area contributed by atoms with E-state index in [0.29, 0.717) is 31.8 Å². The maximum Gasteiger partial charge on any atom is 0.217 e. The summed E-state index contributed by atoms with van der Waals surface area (Å²) in [6.07, 6.45) is 13.5. The number of aryl methyl sites for hydroxylation is 1. The van der Waals surface area contributed by atoms with Crippen LogP contribution in [0, 0.1) is 13.8 Å². The molecule has 0 atom stereocenters. The molecule has 0 unspecified atom stereocenters. The summed E-state index contributed by atoms with van der Waals surface area (Å²) >= 11 is 0. The molecule has 8 heteroatoms. The van der Waals surface area contributed by atoms with Gasteiger partial charge in [-0.25, -0.2) is 27.1 Å². The van der Waals surface area contributed by atoms with Crippen molar-refractivity contribution >= 4 is 16.2 Å². The van der Waals surface area contributed by atoms with Gasteiger partial charge in [0.1, 0.15) is 5.83 Å². The van der Waals surface area contributed by atoms with E-state index >= 15 is 0 Å². The fourth-order valence-electron chi connectivity index (χ4n) is 3.83. The lowest BCUT2D eigenvalue weighted by Gasteiger charge is -2.31. The molecule has 3 rings (SSSR count). The highest BCUT2D eigenvalue weighted by Crippen LogP contribution is 2.30. The van der Waals surface area contributed by atoms with E-state index < -0.39 is 15.9 Å². The van der Waals surface area contributed by atoms with Gasteiger partial charge in [-0.2, -0.15) is 0 Å². The summed E-state index contributed by atoms with van der Waals surface area (Å²) in [7, 11) is -3.49. The second-order valence-corrected chi connectivity index (χ2v) is 10.3. The fraction of sp³-hybridized carbons (Fsp3) is 0.346. The number of benzene rings is 1. The maximum absolute atomic E-state index is 13.7. The Hall–Kier alpha value is -2.97. The molecule has 1 aromatic carbocycles. The molecule has 0 amide bonds. The van der Waals surface area contributed by atoms with E-state index in [0.717, 1.165) is 23.4 Å². The lowest BCUT2D eigenvalue weighted by Crippen LogP contribution is -2.38. The van der Waals surface area contributed by atoms with Gasteiger partial charge in [-0.3, -0.25) is 4.99 Å². The maximum atomic E-state index is 13.7. The lowest BCUT2D eigenvalue weighted by molar-refractivity contribution is 0.320. The molecule has 0 saturated carbocycles. The van der Waals surface area contributed by atoms with Gasteiger partial charge >= 0.3 is 0 Å². The van der Waals surface area contributed by atoms with Crippen LogP contribution in [0.3, 0.4) is 0 Å². The lowest BCUT2D eigenvalue weighted by atomic mass is 9.92. The third-order valence-corrected chi connectivity index (χ3v) is 7.75. The largest absolute Gasteiger partial charge is 0.262 e. The zero-order valence-electron chi connectivity index (χ0n) is 19.9. The van der Waals surface area contributed by atoms with E-state index in [2.05, 4.69) is 34.9 Å². The van der Waals surface area contributed by atoms with Crippen molar-refractivity contribution in [1.29, 1.82) is 0 Å². The van der Waals surface area contributed by atoms with Crippen molar-refractivity contribution in [3.63, 3.8) is 0 Å². The Labute approximate surface area is 201 Å². The minimum absolute atomic E-state index is 0.213. The van der Waals surface area contributed by atoms with Gasteiger partial charge in [-0.15, -0.1) is 0 Å². The normalized spacial score (nSPS) is 16.9. The monoisotopic (exact) mass is 482 g/mol. The van der Waals surface area contributed by atoms with Crippen LogP contribution in [-0.4, -0.2) is 47.7 Å². The highest BCUT2D eigenvalue weighted by Gasteiger charge is 2.28. The highest BCUT2D eigenvalue weighted by atomic mass is 32.2. The molecular formula is C26H31FN4O2S. The smallest absolute Gasteiger partial charge is 0.217 e. The number of hydrogen-bond donors (Lipinski definition) is 0. The third kappa shape index (κ3) is 6.77. The zero-order chi connectivity index (χ0) is 24.6. The number of nitrogens with zero attached hydrogens (tertiary/aromatic N) is 4. The van der Waals surface area contributed by atoms with Crippen molar-refractivity contribution in [2.45, 2.75) is 39.5 Å². The number of hydrogen-bond acceptors (Lipinski definition) is 5. The van der Waals surface area contributed by atoms with E-state index in [1.165, 1.54) is 27.7 Å². The first-order valence-corrected chi connectivity index (χ1v) is 13.0. The number of piperidine rings is 1. The topological polar surface area (TPSA) is 75.5 Å². The first kappa shape index (κ1) is 25.6. The Morgan fingerprint density at radius 2 is 1.91 bits per heavy atom. The minimum atomic E-state index is -3.49. The van der Waals surface area contributed by atoms with Gasteiger partial charge in [0, 0.05) is 37.3 Å². The Kier molecular flexibility index (Phi) is 9.01. The highest BCUT2D eigenvalue weighted by molar-refractivity contribution is 7.89. The third-order valence-electron chi connectivity index (χ3n) is 5.98. The van der Waals surface area contributed by atoms with E-state index in [1.807, 2.05) is 31.5 Å². The first-order valence-electron chi connectivity index (χ1n) is 11.3. The van der Waals surface area contributed by atoms with E-state index in [4.69, 9.17) is 0 Å². The molecule has 1 aliphatic heterocycles. The van der Waals surface area contributed by atoms with Crippen LogP contribution in [0.5, 0.6) is 0 Å². The van der Waals surface area contributed by atoms with Crippen LogP contribution in [0.1, 0.15) is 42.4 Å². The van der Waals surface area contributed by atoms with Gasteiger partial charge in [0.25, 0.3) is 0 Å². The van der Waals surface area contributed by atoms with Crippen molar-refractivity contribution in [3.8, 4) is 11.4 Å². The SMILES string of the molecule is C\C=C/C=N\C=C(F)\C=C/CS(=O)(=O)N1CCC(c2cnc(-c3cccc(C)c3C)nc2)CC1. The summed E-state index contributed by atoms with van der Waals surface area (Å²) in [6, 6.07) is 6.09. The van der Waals surface area contributed by atoms with Crippen molar-refractivity contribution in [3.05, 3.63) is 83.6 Å². The number of rotatable bonds is 8. The molecule has 1 aliphatic rings. The number of aromatic nitrogens is 2. The van der Waals surface area contributed by atoms with E-state index in [-0.39, 0.29) is 11.7 Å². The molecule has 1 saturated heterocycles. The second kappa shape index (κ2) is 11.9. The standard InChI is InChI=1S/C26H31FN4O2S/c1-4-5-13-28-19-24(27)9-7-16-34(32,33)31-14-11-22(12-15-31)23-17-29-26(30-18-23)25-10-6-8-20(2)21(25)3/h4-10,13,17-19,22H,11-12,14-16H2,1-3H3/b5-4-,9-7-,24-19-,28-13-. The van der Waals surface area contributed by atoms with Gasteiger partial charge in [-0.05, 0) is 68.4 Å². The first-order chi connectivity index (χ1) is 16.3. The summed E-state index contributed by atoms with van der Waals surface area (Å²) < 4.78 is 40.4. The van der Waals surface area contributed by atoms with Crippen molar-refractivity contribution < 1.29 is 12.8 Å². The zero-order valence-corrected chi connectivity index (χ0v) is 20.7. The number of allylic oxidation sites excluding steroid dienone is 4. The minimum Gasteiger partial charge on any atom is -0.262 e. The Morgan fingerprint density at radius 3 is 2.59 bits per heavy atom.